The normalized spacial score (nSPS) is 13.1. The number of hydrogen-bond donors (Lipinski definition) is 1. The first-order chi connectivity index (χ1) is 14.4. The van der Waals surface area contributed by atoms with E-state index in [1.165, 1.54) is 36.4 Å². The molecule has 0 fully saturated rings. The predicted molar refractivity (Wildman–Crippen MR) is 106 cm³/mol. The largest absolute Gasteiger partial charge is 0.486 e. The minimum Gasteiger partial charge on any atom is -0.486 e. The molecule has 1 aromatic heterocycles. The predicted octanol–water partition coefficient (Wildman–Crippen LogP) is 3.29. The number of hydrogen-bond acceptors (Lipinski definition) is 9. The van der Waals surface area contributed by atoms with Gasteiger partial charge in [-0.25, -0.2) is 8.42 Å². The summed E-state index contributed by atoms with van der Waals surface area (Å²) in [7, 11) is -4.12. The lowest BCUT2D eigenvalue weighted by Crippen LogP contribution is -2.16. The molecule has 2 aromatic carbocycles. The van der Waals surface area contributed by atoms with E-state index in [0.717, 1.165) is 0 Å². The summed E-state index contributed by atoms with van der Waals surface area (Å²) in [6.07, 6.45) is 0. The summed E-state index contributed by atoms with van der Waals surface area (Å²) in [6, 6.07) is 10.1. The second-order valence-electron chi connectivity index (χ2n) is 6.27. The van der Waals surface area contributed by atoms with E-state index in [-0.39, 0.29) is 32.9 Å². The van der Waals surface area contributed by atoms with Gasteiger partial charge in [-0.1, -0.05) is 12.1 Å². The molecular weight excluding hydrogens is 414 g/mol. The number of para-hydroxylation sites is 1. The molecule has 0 atom stereocenters. The van der Waals surface area contributed by atoms with E-state index >= 15 is 0 Å². The van der Waals surface area contributed by atoms with Gasteiger partial charge in [-0.3, -0.25) is 10.1 Å². The van der Waals surface area contributed by atoms with Gasteiger partial charge in [-0.15, -0.1) is 0 Å². The molecule has 0 unspecified atom stereocenters. The van der Waals surface area contributed by atoms with Crippen molar-refractivity contribution < 1.29 is 27.2 Å². The van der Waals surface area contributed by atoms with Crippen LogP contribution in [-0.4, -0.2) is 38.1 Å². The minimum atomic E-state index is -4.12. The van der Waals surface area contributed by atoms with Crippen LogP contribution in [0.3, 0.4) is 0 Å². The van der Waals surface area contributed by atoms with E-state index in [4.69, 9.17) is 13.9 Å². The Balaban J connectivity index is 1.83. The topological polar surface area (TPSA) is 134 Å². The Bertz CT molecular complexity index is 1220. The van der Waals surface area contributed by atoms with E-state index in [0.29, 0.717) is 31.3 Å². The number of benzene rings is 2. The summed E-state index contributed by atoms with van der Waals surface area (Å²) in [5.41, 5.74) is -0.171. The van der Waals surface area contributed by atoms with Crippen LogP contribution in [0.2, 0.25) is 0 Å². The van der Waals surface area contributed by atoms with Crippen LogP contribution in [-0.2, 0) is 9.84 Å². The van der Waals surface area contributed by atoms with Gasteiger partial charge < -0.3 is 19.2 Å². The standard InChI is InChI=1S/C19H17N3O7S/c1-2-20-18-19(21-17(29-18)13-5-3-4-6-14(13)22(23)24)30(25,26)12-7-8-15-16(11-12)28-10-9-27-15/h3-8,11,20H,2,9-10H2,1H3. The fourth-order valence-electron chi connectivity index (χ4n) is 2.99. The Hall–Kier alpha value is -3.60. The molecular formula is C19H17N3O7S. The summed E-state index contributed by atoms with van der Waals surface area (Å²) in [5.74, 6) is 0.498. The highest BCUT2D eigenvalue weighted by molar-refractivity contribution is 7.91. The molecule has 156 valence electrons. The molecule has 1 N–H and O–H groups in total. The first-order valence-corrected chi connectivity index (χ1v) is 10.5. The number of aromatic nitrogens is 1. The maximum absolute atomic E-state index is 13.3. The number of rotatable bonds is 6. The number of nitrogens with zero attached hydrogens (tertiary/aromatic N) is 2. The Morgan fingerprint density at radius 3 is 2.60 bits per heavy atom. The van der Waals surface area contributed by atoms with Crippen LogP contribution >= 0.6 is 0 Å². The third-order valence-electron chi connectivity index (χ3n) is 4.34. The fourth-order valence-corrected chi connectivity index (χ4v) is 4.29. The van der Waals surface area contributed by atoms with Gasteiger partial charge in [0.1, 0.15) is 18.8 Å². The molecule has 0 aliphatic carbocycles. The van der Waals surface area contributed by atoms with Crippen molar-refractivity contribution in [3.8, 4) is 23.0 Å². The average Bonchev–Trinajstić information content (AvgIpc) is 3.18. The van der Waals surface area contributed by atoms with Crippen molar-refractivity contribution >= 4 is 21.4 Å². The molecule has 0 radical (unpaired) electrons. The van der Waals surface area contributed by atoms with Gasteiger partial charge in [0.2, 0.25) is 26.6 Å². The van der Waals surface area contributed by atoms with Gasteiger partial charge >= 0.3 is 0 Å². The van der Waals surface area contributed by atoms with Gasteiger partial charge in [-0.2, -0.15) is 4.98 Å². The van der Waals surface area contributed by atoms with Crippen LogP contribution in [0.5, 0.6) is 11.5 Å². The third kappa shape index (κ3) is 3.43. The van der Waals surface area contributed by atoms with Gasteiger partial charge in [-0.05, 0) is 25.1 Å². The lowest BCUT2D eigenvalue weighted by molar-refractivity contribution is -0.384. The molecule has 0 bridgehead atoms. The molecule has 0 spiro atoms. The summed E-state index contributed by atoms with van der Waals surface area (Å²) < 4.78 is 43.1. The zero-order chi connectivity index (χ0) is 21.3. The van der Waals surface area contributed by atoms with Crippen LogP contribution < -0.4 is 14.8 Å². The molecule has 10 nitrogen and oxygen atoms in total. The zero-order valence-electron chi connectivity index (χ0n) is 15.8. The second kappa shape index (κ2) is 7.67. The van der Waals surface area contributed by atoms with Crippen molar-refractivity contribution in [3.05, 3.63) is 52.6 Å². The van der Waals surface area contributed by atoms with E-state index in [2.05, 4.69) is 10.3 Å². The fraction of sp³-hybridized carbons (Fsp3) is 0.211. The smallest absolute Gasteiger partial charge is 0.282 e. The summed E-state index contributed by atoms with van der Waals surface area (Å²) in [4.78, 5) is 14.8. The lowest BCUT2D eigenvalue weighted by atomic mass is 10.2. The second-order valence-corrected chi connectivity index (χ2v) is 8.13. The number of ether oxygens (including phenoxy) is 2. The van der Waals surface area contributed by atoms with Gasteiger partial charge in [0.15, 0.2) is 11.5 Å². The first kappa shape index (κ1) is 19.7. The Morgan fingerprint density at radius 2 is 1.87 bits per heavy atom. The zero-order valence-corrected chi connectivity index (χ0v) is 16.6. The quantitative estimate of drug-likeness (QED) is 0.461. The van der Waals surface area contributed by atoms with E-state index in [1.54, 1.807) is 13.0 Å². The lowest BCUT2D eigenvalue weighted by Gasteiger charge is -2.18. The summed E-state index contributed by atoms with van der Waals surface area (Å²) in [6.45, 7) is 2.81. The molecule has 4 rings (SSSR count). The van der Waals surface area contributed by atoms with Gasteiger partial charge in [0.05, 0.1) is 9.82 Å². The highest BCUT2D eigenvalue weighted by atomic mass is 32.2. The Kier molecular flexibility index (Phi) is 5.04. The maximum atomic E-state index is 13.3. The number of fused-ring (bicyclic) bond motifs is 1. The molecule has 0 amide bonds. The van der Waals surface area contributed by atoms with Crippen molar-refractivity contribution in [2.75, 3.05) is 25.1 Å². The number of anilines is 1. The molecule has 0 saturated carbocycles. The van der Waals surface area contributed by atoms with Crippen molar-refractivity contribution in [1.82, 2.24) is 4.98 Å². The molecule has 30 heavy (non-hydrogen) atoms. The average molecular weight is 431 g/mol. The molecule has 1 aliphatic heterocycles. The van der Waals surface area contributed by atoms with Gasteiger partial charge in [0, 0.05) is 18.7 Å². The highest BCUT2D eigenvalue weighted by Gasteiger charge is 2.31. The van der Waals surface area contributed by atoms with Crippen molar-refractivity contribution in [2.24, 2.45) is 0 Å². The molecule has 0 saturated heterocycles. The highest BCUT2D eigenvalue weighted by Crippen LogP contribution is 2.38. The van der Waals surface area contributed by atoms with Crippen LogP contribution in [0.1, 0.15) is 6.92 Å². The summed E-state index contributed by atoms with van der Waals surface area (Å²) in [5, 5.41) is 13.8. The Labute approximate surface area is 171 Å². The molecule has 3 aromatic rings. The van der Waals surface area contributed by atoms with Crippen molar-refractivity contribution in [1.29, 1.82) is 0 Å². The van der Waals surface area contributed by atoms with E-state index in [9.17, 15) is 18.5 Å². The summed E-state index contributed by atoms with van der Waals surface area (Å²) >= 11 is 0. The minimum absolute atomic E-state index is 0.0617. The molecule has 11 heteroatoms. The van der Waals surface area contributed by atoms with Crippen molar-refractivity contribution in [3.63, 3.8) is 0 Å². The SMILES string of the molecule is CCNc1oc(-c2ccccc2[N+](=O)[O-])nc1S(=O)(=O)c1ccc2c(c1)OCCO2. The number of sulfone groups is 1. The van der Waals surface area contributed by atoms with E-state index in [1.807, 2.05) is 0 Å². The first-order valence-electron chi connectivity index (χ1n) is 9.05. The third-order valence-corrected chi connectivity index (χ3v) is 6.00. The Morgan fingerprint density at radius 1 is 1.13 bits per heavy atom. The number of nitrogens with one attached hydrogen (secondary N) is 1. The van der Waals surface area contributed by atoms with Crippen LogP contribution in [0.25, 0.3) is 11.5 Å². The van der Waals surface area contributed by atoms with E-state index < -0.39 is 14.8 Å². The van der Waals surface area contributed by atoms with Crippen molar-refractivity contribution in [2.45, 2.75) is 16.8 Å². The number of oxazole rings is 1. The molecule has 1 aliphatic rings. The number of nitro groups is 1. The van der Waals surface area contributed by atoms with Gasteiger partial charge in [0.25, 0.3) is 5.69 Å². The van der Waals surface area contributed by atoms with Crippen LogP contribution in [0, 0.1) is 10.1 Å². The number of nitro benzene ring substituents is 1. The molecule has 2 heterocycles. The maximum Gasteiger partial charge on any atom is 0.282 e. The monoisotopic (exact) mass is 431 g/mol. The van der Waals surface area contributed by atoms with Crippen LogP contribution in [0.4, 0.5) is 11.6 Å². The van der Waals surface area contributed by atoms with Crippen LogP contribution in [0.15, 0.2) is 56.8 Å².